The Morgan fingerprint density at radius 2 is 1.81 bits per heavy atom. The van der Waals surface area contributed by atoms with Gasteiger partial charge in [0.15, 0.2) is 11.6 Å². The van der Waals surface area contributed by atoms with Crippen LogP contribution in [0, 0.1) is 11.6 Å². The molecule has 27 heavy (non-hydrogen) atoms. The molecule has 0 aromatic heterocycles. The summed E-state index contributed by atoms with van der Waals surface area (Å²) in [6, 6.07) is 7.59. The van der Waals surface area contributed by atoms with Crippen LogP contribution in [-0.4, -0.2) is 43.8 Å². The zero-order valence-electron chi connectivity index (χ0n) is 14.5. The first-order valence-corrected chi connectivity index (χ1v) is 10.5. The Hall–Kier alpha value is -1.25. The predicted molar refractivity (Wildman–Crippen MR) is 101 cm³/mol. The van der Waals surface area contributed by atoms with Gasteiger partial charge in [-0.15, -0.1) is 0 Å². The van der Waals surface area contributed by atoms with Crippen molar-refractivity contribution in [3.05, 3.63) is 63.6 Å². The normalized spacial score (nSPS) is 18.4. The van der Waals surface area contributed by atoms with Crippen molar-refractivity contribution in [2.45, 2.75) is 23.9 Å². The number of benzene rings is 2. The first kappa shape index (κ1) is 20.5. The summed E-state index contributed by atoms with van der Waals surface area (Å²) in [6.45, 7) is 1.67. The SMILES string of the molecule is CN(C1CCN(Cc2c(Cl)cccc2Cl)C1)S(=O)(=O)c1ccc(F)c(F)c1. The molecule has 1 unspecified atom stereocenters. The second-order valence-electron chi connectivity index (χ2n) is 6.47. The van der Waals surface area contributed by atoms with Crippen molar-refractivity contribution < 1.29 is 17.2 Å². The van der Waals surface area contributed by atoms with Crippen LogP contribution >= 0.6 is 23.2 Å². The molecule has 2 aromatic carbocycles. The van der Waals surface area contributed by atoms with Crippen molar-refractivity contribution in [2.24, 2.45) is 0 Å². The van der Waals surface area contributed by atoms with Gasteiger partial charge in [0, 0.05) is 48.3 Å². The van der Waals surface area contributed by atoms with Gasteiger partial charge in [-0.1, -0.05) is 29.3 Å². The Labute approximate surface area is 167 Å². The summed E-state index contributed by atoms with van der Waals surface area (Å²) in [5.41, 5.74) is 0.799. The smallest absolute Gasteiger partial charge is 0.243 e. The molecule has 1 fully saturated rings. The van der Waals surface area contributed by atoms with E-state index in [1.54, 1.807) is 18.2 Å². The first-order chi connectivity index (χ1) is 12.7. The number of rotatable bonds is 5. The second-order valence-corrected chi connectivity index (χ2v) is 9.29. The molecule has 146 valence electrons. The van der Waals surface area contributed by atoms with Gasteiger partial charge in [-0.3, -0.25) is 4.90 Å². The molecule has 2 aromatic rings. The van der Waals surface area contributed by atoms with E-state index in [0.29, 0.717) is 42.2 Å². The molecule has 1 heterocycles. The van der Waals surface area contributed by atoms with Crippen LogP contribution in [0.15, 0.2) is 41.3 Å². The highest BCUT2D eigenvalue weighted by atomic mass is 35.5. The van der Waals surface area contributed by atoms with Gasteiger partial charge in [0.25, 0.3) is 0 Å². The van der Waals surface area contributed by atoms with Gasteiger partial charge >= 0.3 is 0 Å². The molecular weight excluding hydrogens is 417 g/mol. The van der Waals surface area contributed by atoms with Crippen LogP contribution in [0.2, 0.25) is 10.0 Å². The van der Waals surface area contributed by atoms with Crippen molar-refractivity contribution in [3.63, 3.8) is 0 Å². The topological polar surface area (TPSA) is 40.6 Å². The van der Waals surface area contributed by atoms with E-state index < -0.39 is 21.7 Å². The summed E-state index contributed by atoms with van der Waals surface area (Å²) in [5.74, 6) is -2.27. The summed E-state index contributed by atoms with van der Waals surface area (Å²) in [6.07, 6.45) is 0.613. The lowest BCUT2D eigenvalue weighted by Gasteiger charge is -2.24. The van der Waals surface area contributed by atoms with Crippen LogP contribution in [0.4, 0.5) is 8.78 Å². The molecule has 9 heteroatoms. The van der Waals surface area contributed by atoms with Gasteiger partial charge < -0.3 is 0 Å². The molecule has 1 aliphatic rings. The monoisotopic (exact) mass is 434 g/mol. The second kappa shape index (κ2) is 8.01. The molecular formula is C18H18Cl2F2N2O2S. The summed E-state index contributed by atoms with van der Waals surface area (Å²) in [4.78, 5) is 1.80. The maximum atomic E-state index is 13.4. The van der Waals surface area contributed by atoms with Crippen molar-refractivity contribution >= 4 is 33.2 Å². The van der Waals surface area contributed by atoms with Crippen LogP contribution in [0.25, 0.3) is 0 Å². The fourth-order valence-corrected chi connectivity index (χ4v) is 5.07. The zero-order chi connectivity index (χ0) is 19.8. The van der Waals surface area contributed by atoms with Crippen molar-refractivity contribution in [1.29, 1.82) is 0 Å². The average Bonchev–Trinajstić information content (AvgIpc) is 3.08. The third-order valence-corrected chi connectivity index (χ3v) is 7.39. The minimum absolute atomic E-state index is 0.267. The minimum atomic E-state index is -3.93. The van der Waals surface area contributed by atoms with Crippen molar-refractivity contribution in [2.75, 3.05) is 20.1 Å². The Kier molecular flexibility index (Phi) is 6.08. The van der Waals surface area contributed by atoms with Gasteiger partial charge in [-0.05, 0) is 36.8 Å². The molecule has 0 bridgehead atoms. The van der Waals surface area contributed by atoms with Crippen molar-refractivity contribution in [3.8, 4) is 0 Å². The van der Waals surface area contributed by atoms with E-state index in [-0.39, 0.29) is 10.9 Å². The fraction of sp³-hybridized carbons (Fsp3) is 0.333. The number of likely N-dealkylation sites (N-methyl/N-ethyl adjacent to an activating group) is 1. The quantitative estimate of drug-likeness (QED) is 0.708. The third-order valence-electron chi connectivity index (χ3n) is 4.77. The molecule has 0 amide bonds. The Balaban J connectivity index is 1.73. The number of likely N-dealkylation sites (tertiary alicyclic amines) is 1. The molecule has 0 spiro atoms. The van der Waals surface area contributed by atoms with E-state index in [2.05, 4.69) is 4.90 Å². The van der Waals surface area contributed by atoms with Gasteiger partial charge in [0.05, 0.1) is 4.90 Å². The molecule has 0 saturated carbocycles. The number of hydrogen-bond donors (Lipinski definition) is 0. The molecule has 1 atom stereocenters. The summed E-state index contributed by atoms with van der Waals surface area (Å²) in [5, 5.41) is 1.13. The highest BCUT2D eigenvalue weighted by molar-refractivity contribution is 7.89. The summed E-state index contributed by atoms with van der Waals surface area (Å²) in [7, 11) is -2.47. The van der Waals surface area contributed by atoms with E-state index in [4.69, 9.17) is 23.2 Å². The maximum Gasteiger partial charge on any atom is 0.243 e. The molecule has 1 saturated heterocycles. The van der Waals surface area contributed by atoms with E-state index in [9.17, 15) is 17.2 Å². The predicted octanol–water partition coefficient (Wildman–Crippen LogP) is 4.17. The Morgan fingerprint density at radius 3 is 2.44 bits per heavy atom. The highest BCUT2D eigenvalue weighted by Crippen LogP contribution is 2.29. The lowest BCUT2D eigenvalue weighted by atomic mass is 10.2. The molecule has 4 nitrogen and oxygen atoms in total. The Bertz CT molecular complexity index is 936. The van der Waals surface area contributed by atoms with Crippen LogP contribution in [0.5, 0.6) is 0 Å². The summed E-state index contributed by atoms with van der Waals surface area (Å²) < 4.78 is 53.2. The van der Waals surface area contributed by atoms with Crippen LogP contribution in [0.3, 0.4) is 0 Å². The zero-order valence-corrected chi connectivity index (χ0v) is 16.8. The number of sulfonamides is 1. The van der Waals surface area contributed by atoms with Crippen LogP contribution < -0.4 is 0 Å². The van der Waals surface area contributed by atoms with Crippen LogP contribution in [-0.2, 0) is 16.6 Å². The number of hydrogen-bond acceptors (Lipinski definition) is 3. The van der Waals surface area contributed by atoms with E-state index in [1.807, 2.05) is 0 Å². The lowest BCUT2D eigenvalue weighted by Crippen LogP contribution is -2.39. The van der Waals surface area contributed by atoms with Crippen molar-refractivity contribution in [1.82, 2.24) is 9.21 Å². The summed E-state index contributed by atoms with van der Waals surface area (Å²) >= 11 is 12.4. The average molecular weight is 435 g/mol. The fourth-order valence-electron chi connectivity index (χ4n) is 3.16. The largest absolute Gasteiger partial charge is 0.297 e. The molecule has 0 aliphatic carbocycles. The molecule has 1 aliphatic heterocycles. The Morgan fingerprint density at radius 1 is 1.15 bits per heavy atom. The van der Waals surface area contributed by atoms with Gasteiger partial charge in [-0.2, -0.15) is 4.31 Å². The standard InChI is InChI=1S/C18H18Cl2F2N2O2S/c1-23(27(25,26)13-5-6-17(21)18(22)9-13)12-7-8-24(10-12)11-14-15(19)3-2-4-16(14)20/h2-6,9,12H,7-8,10-11H2,1H3. The van der Waals surface area contributed by atoms with Gasteiger partial charge in [-0.25, -0.2) is 17.2 Å². The number of nitrogens with zero attached hydrogens (tertiary/aromatic N) is 2. The van der Waals surface area contributed by atoms with Gasteiger partial charge in [0.2, 0.25) is 10.0 Å². The number of halogens is 4. The molecule has 0 N–H and O–H groups in total. The molecule has 3 rings (SSSR count). The third kappa shape index (κ3) is 4.27. The van der Waals surface area contributed by atoms with Crippen LogP contribution in [0.1, 0.15) is 12.0 Å². The minimum Gasteiger partial charge on any atom is -0.297 e. The van der Waals surface area contributed by atoms with E-state index >= 15 is 0 Å². The lowest BCUT2D eigenvalue weighted by molar-refractivity contribution is 0.298. The molecule has 0 radical (unpaired) electrons. The van der Waals surface area contributed by atoms with E-state index in [1.165, 1.54) is 11.4 Å². The van der Waals surface area contributed by atoms with Gasteiger partial charge in [0.1, 0.15) is 0 Å². The highest BCUT2D eigenvalue weighted by Gasteiger charge is 2.33. The first-order valence-electron chi connectivity index (χ1n) is 8.28. The maximum absolute atomic E-state index is 13.4. The van der Waals surface area contributed by atoms with E-state index in [0.717, 1.165) is 17.7 Å².